The molecule has 1 aliphatic heterocycles. The summed E-state index contributed by atoms with van der Waals surface area (Å²) in [6.07, 6.45) is 5.64. The van der Waals surface area contributed by atoms with Gasteiger partial charge in [0.2, 0.25) is 0 Å². The lowest BCUT2D eigenvalue weighted by atomic mass is 9.97. The number of rotatable bonds is 20. The number of ether oxygens (including phenoxy) is 6. The van der Waals surface area contributed by atoms with E-state index in [0.29, 0.717) is 6.42 Å². The number of nitrogens with one attached hydrogen (secondary N) is 3. The predicted molar refractivity (Wildman–Crippen MR) is 185 cm³/mol. The number of hydrogen-bond acceptors (Lipinski definition) is 12. The highest BCUT2D eigenvalue weighted by atomic mass is 32.1. The first kappa shape index (κ1) is 43.8. The minimum atomic E-state index is -1.34. The zero-order valence-corrected chi connectivity index (χ0v) is 31.4. The first-order valence-corrected chi connectivity index (χ1v) is 17.8. The molecule has 0 aromatic heterocycles. The Morgan fingerprint density at radius 3 is 1.76 bits per heavy atom. The second-order valence-electron chi connectivity index (χ2n) is 13.3. The van der Waals surface area contributed by atoms with Crippen molar-refractivity contribution < 1.29 is 52.4 Å². The van der Waals surface area contributed by atoms with Crippen LogP contribution in [0.3, 0.4) is 0 Å². The Balaban J connectivity index is 3.00. The Morgan fingerprint density at radius 1 is 0.735 bits per heavy atom. The van der Waals surface area contributed by atoms with E-state index in [1.807, 2.05) is 0 Å². The summed E-state index contributed by atoms with van der Waals surface area (Å²) in [5, 5.41) is 8.99. The Hall–Kier alpha value is -3.20. The van der Waals surface area contributed by atoms with Gasteiger partial charge in [0.05, 0.1) is 0 Å². The van der Waals surface area contributed by atoms with Gasteiger partial charge in [-0.1, -0.05) is 71.1 Å². The van der Waals surface area contributed by atoms with Crippen LogP contribution >= 0.6 is 12.2 Å². The van der Waals surface area contributed by atoms with Crippen molar-refractivity contribution in [3.05, 3.63) is 0 Å². The quantitative estimate of drug-likeness (QED) is 0.0681. The van der Waals surface area contributed by atoms with Gasteiger partial charge in [-0.2, -0.15) is 0 Å². The van der Waals surface area contributed by atoms with Gasteiger partial charge in [0.25, 0.3) is 0 Å². The van der Waals surface area contributed by atoms with E-state index in [9.17, 15) is 24.0 Å². The highest BCUT2D eigenvalue weighted by Crippen LogP contribution is 2.28. The molecule has 14 nitrogen and oxygen atoms in total. The minimum Gasteiger partial charge on any atom is -0.463 e. The molecule has 0 aromatic carbocycles. The van der Waals surface area contributed by atoms with E-state index in [1.165, 1.54) is 51.9 Å². The summed E-state index contributed by atoms with van der Waals surface area (Å²) >= 11 is 5.55. The van der Waals surface area contributed by atoms with Gasteiger partial charge in [-0.3, -0.25) is 19.2 Å². The summed E-state index contributed by atoms with van der Waals surface area (Å²) in [5.41, 5.74) is -0.675. The summed E-state index contributed by atoms with van der Waals surface area (Å²) in [7, 11) is 0. The molecule has 0 saturated carbocycles. The number of thiocarbonyl (C=S) groups is 1. The van der Waals surface area contributed by atoms with Crippen LogP contribution in [0.15, 0.2) is 0 Å². The van der Waals surface area contributed by atoms with Gasteiger partial charge in [-0.15, -0.1) is 0 Å². The maximum Gasteiger partial charge on any atom is 0.407 e. The highest BCUT2D eigenvalue weighted by Gasteiger charge is 2.52. The molecule has 1 saturated heterocycles. The molecule has 1 rings (SSSR count). The van der Waals surface area contributed by atoms with Crippen LogP contribution < -0.4 is 16.0 Å². The average molecular weight is 718 g/mol. The lowest BCUT2D eigenvalue weighted by Gasteiger charge is -2.44. The third-order valence-electron chi connectivity index (χ3n) is 7.40. The summed E-state index contributed by atoms with van der Waals surface area (Å²) in [4.78, 5) is 60.5. The Labute approximate surface area is 296 Å². The van der Waals surface area contributed by atoms with Crippen molar-refractivity contribution in [2.24, 2.45) is 0 Å². The fourth-order valence-corrected chi connectivity index (χ4v) is 5.52. The molecular weight excluding hydrogens is 658 g/mol. The van der Waals surface area contributed by atoms with Crippen molar-refractivity contribution in [2.75, 3.05) is 13.2 Å². The van der Waals surface area contributed by atoms with E-state index in [4.69, 9.17) is 40.6 Å². The van der Waals surface area contributed by atoms with Gasteiger partial charge in [0, 0.05) is 40.3 Å². The van der Waals surface area contributed by atoms with Gasteiger partial charge in [-0.25, -0.2) is 4.79 Å². The molecule has 0 bridgehead atoms. The van der Waals surface area contributed by atoms with Gasteiger partial charge in [0.15, 0.2) is 29.7 Å². The normalized spacial score (nSPS) is 21.0. The molecule has 49 heavy (non-hydrogen) atoms. The molecule has 1 unspecified atom stereocenters. The van der Waals surface area contributed by atoms with Crippen molar-refractivity contribution in [3.63, 3.8) is 0 Å². The lowest BCUT2D eigenvalue weighted by Crippen LogP contribution is -2.67. The monoisotopic (exact) mass is 717 g/mol. The van der Waals surface area contributed by atoms with Crippen LogP contribution in [0.25, 0.3) is 0 Å². The molecular formula is C34H59N3O11S. The molecule has 0 radical (unpaired) electrons. The highest BCUT2D eigenvalue weighted by molar-refractivity contribution is 7.80. The van der Waals surface area contributed by atoms with Crippen LogP contribution in [-0.2, 0) is 47.6 Å². The third kappa shape index (κ3) is 20.2. The van der Waals surface area contributed by atoms with Crippen LogP contribution in [0.5, 0.6) is 0 Å². The summed E-state index contributed by atoms with van der Waals surface area (Å²) in [5.74, 6) is -2.82. The maximum atomic E-state index is 12.6. The Morgan fingerprint density at radius 2 is 1.24 bits per heavy atom. The molecule has 1 aliphatic rings. The maximum absolute atomic E-state index is 12.6. The van der Waals surface area contributed by atoms with E-state index in [-0.39, 0.29) is 24.3 Å². The number of carbonyl (C=O) groups excluding carboxylic acids is 5. The van der Waals surface area contributed by atoms with Gasteiger partial charge >= 0.3 is 30.0 Å². The fraction of sp³-hybridized carbons (Fsp3) is 0.824. The molecule has 15 heteroatoms. The SMILES string of the molecule is CCCCCCCCCCCCC(CNC(=S)N[C@@H]1O[C@H](COC(C)=O)[C@@H](OC(C)=O)[C@H](OC(C)=O)[C@H]1OC(C)=O)NC(=O)OC(C)(C)C. The number of esters is 4. The smallest absolute Gasteiger partial charge is 0.407 e. The molecule has 0 aliphatic carbocycles. The van der Waals surface area contributed by atoms with Crippen LogP contribution in [0.1, 0.15) is 126 Å². The van der Waals surface area contributed by atoms with E-state index in [2.05, 4.69) is 22.9 Å². The van der Waals surface area contributed by atoms with Crippen LogP contribution in [0.2, 0.25) is 0 Å². The van der Waals surface area contributed by atoms with Crippen LogP contribution in [0, 0.1) is 0 Å². The number of carbonyl (C=O) groups is 5. The summed E-state index contributed by atoms with van der Waals surface area (Å²) in [6, 6.07) is -0.334. The molecule has 0 spiro atoms. The zero-order chi connectivity index (χ0) is 37.0. The molecule has 3 N–H and O–H groups in total. The van der Waals surface area contributed by atoms with Crippen molar-refractivity contribution >= 4 is 47.3 Å². The van der Waals surface area contributed by atoms with Crippen LogP contribution in [-0.4, -0.2) is 90.5 Å². The van der Waals surface area contributed by atoms with E-state index in [1.54, 1.807) is 20.8 Å². The standard InChI is InChI=1S/C34H59N3O11S/c1-9-10-11-12-13-14-15-16-17-18-19-26(36-33(42)48-34(6,7)8)20-35-32(49)37-31-30(46-25(5)41)29(45-24(4)40)28(44-23(3)39)27(47-31)21-43-22(2)38/h26-31H,9-21H2,1-8H3,(H,36,42)(H2,35,37,49)/t26?,27-,28-,29+,30-,31-/m1/s1. The Kier molecular flexibility index (Phi) is 20.8. The predicted octanol–water partition coefficient (Wildman–Crippen LogP) is 4.74. The van der Waals surface area contributed by atoms with E-state index in [0.717, 1.165) is 40.0 Å². The van der Waals surface area contributed by atoms with Gasteiger partial charge in [-0.05, 0) is 39.4 Å². The number of hydrogen-bond donors (Lipinski definition) is 3. The number of alkyl carbamates (subject to hydrolysis) is 1. The molecule has 0 aromatic rings. The minimum absolute atomic E-state index is 0.0694. The largest absolute Gasteiger partial charge is 0.463 e. The molecule has 1 amide bonds. The first-order valence-electron chi connectivity index (χ1n) is 17.4. The Bertz CT molecular complexity index is 1070. The van der Waals surface area contributed by atoms with Gasteiger partial charge < -0.3 is 44.4 Å². The first-order chi connectivity index (χ1) is 23.0. The summed E-state index contributed by atoms with van der Waals surface area (Å²) in [6.45, 7) is 12.1. The van der Waals surface area contributed by atoms with E-state index < -0.39 is 66.2 Å². The second kappa shape index (κ2) is 23.2. The van der Waals surface area contributed by atoms with Crippen molar-refractivity contribution in [1.82, 2.24) is 16.0 Å². The zero-order valence-electron chi connectivity index (χ0n) is 30.6. The van der Waals surface area contributed by atoms with Crippen LogP contribution in [0.4, 0.5) is 4.79 Å². The molecule has 6 atom stereocenters. The fourth-order valence-electron chi connectivity index (χ4n) is 5.32. The van der Waals surface area contributed by atoms with Gasteiger partial charge in [0.1, 0.15) is 18.3 Å². The second-order valence-corrected chi connectivity index (χ2v) is 13.7. The van der Waals surface area contributed by atoms with Crippen molar-refractivity contribution in [2.45, 2.75) is 168 Å². The lowest BCUT2D eigenvalue weighted by molar-refractivity contribution is -0.254. The topological polar surface area (TPSA) is 177 Å². The molecule has 1 fully saturated rings. The summed E-state index contributed by atoms with van der Waals surface area (Å²) < 4.78 is 33.0. The van der Waals surface area contributed by atoms with Crippen molar-refractivity contribution in [3.8, 4) is 0 Å². The number of amides is 1. The van der Waals surface area contributed by atoms with Crippen molar-refractivity contribution in [1.29, 1.82) is 0 Å². The van der Waals surface area contributed by atoms with E-state index >= 15 is 0 Å². The molecule has 1 heterocycles. The molecule has 282 valence electrons. The third-order valence-corrected chi connectivity index (χ3v) is 7.66. The average Bonchev–Trinajstić information content (AvgIpc) is 2.97. The number of unbranched alkanes of at least 4 members (excludes halogenated alkanes) is 9.